The molecule has 4 heterocycles. The summed E-state index contributed by atoms with van der Waals surface area (Å²) < 4.78 is 2.16. The minimum atomic E-state index is 0.403. The van der Waals surface area contributed by atoms with Crippen molar-refractivity contribution in [3.05, 3.63) is 53.0 Å². The smallest absolute Gasteiger partial charge is 0.134 e. The average molecular weight is 418 g/mol. The molecule has 2 aliphatic rings. The molecular weight excluding hydrogens is 386 g/mol. The van der Waals surface area contributed by atoms with Crippen LogP contribution in [0.2, 0.25) is 0 Å². The number of pyridine rings is 1. The van der Waals surface area contributed by atoms with Crippen LogP contribution < -0.4 is 10.2 Å². The summed E-state index contributed by atoms with van der Waals surface area (Å²) in [6, 6.07) is 4.28. The second-order valence-electron chi connectivity index (χ2n) is 8.76. The Labute approximate surface area is 183 Å². The van der Waals surface area contributed by atoms with Crippen molar-refractivity contribution < 1.29 is 0 Å². The highest BCUT2D eigenvalue weighted by atomic mass is 15.3. The molecule has 31 heavy (non-hydrogen) atoms. The van der Waals surface area contributed by atoms with Crippen LogP contribution in [0.3, 0.4) is 0 Å². The topological polar surface area (TPSA) is 71.8 Å². The standard InChI is InChI=1S/C24H31N7/c1-4-31-24(16(2)3)22-20(29-31)8-5-17-14-27-21(28-23(17)22)13-18-6-7-19(15-26-18)30-11-9-25-10-12-30/h6-7,14-16,25H,4-5,8-13H2,1-3H3. The van der Waals surface area contributed by atoms with Gasteiger partial charge in [0, 0.05) is 50.2 Å². The minimum Gasteiger partial charge on any atom is -0.368 e. The molecule has 0 bridgehead atoms. The van der Waals surface area contributed by atoms with E-state index in [1.807, 2.05) is 12.4 Å². The van der Waals surface area contributed by atoms with Gasteiger partial charge in [0.2, 0.25) is 0 Å². The maximum Gasteiger partial charge on any atom is 0.134 e. The fraction of sp³-hybridized carbons (Fsp3) is 0.500. The van der Waals surface area contributed by atoms with Gasteiger partial charge in [-0.25, -0.2) is 9.97 Å². The Morgan fingerprint density at radius 1 is 1.06 bits per heavy atom. The number of aromatic nitrogens is 5. The zero-order valence-corrected chi connectivity index (χ0v) is 18.7. The van der Waals surface area contributed by atoms with Gasteiger partial charge in [0.05, 0.1) is 35.4 Å². The molecule has 3 aromatic heterocycles. The highest BCUT2D eigenvalue weighted by Gasteiger charge is 2.28. The van der Waals surface area contributed by atoms with Crippen molar-refractivity contribution in [3.63, 3.8) is 0 Å². The lowest BCUT2D eigenvalue weighted by molar-refractivity contribution is 0.588. The van der Waals surface area contributed by atoms with Crippen LogP contribution >= 0.6 is 0 Å². The third-order valence-corrected chi connectivity index (χ3v) is 6.32. The third-order valence-electron chi connectivity index (χ3n) is 6.32. The fourth-order valence-electron chi connectivity index (χ4n) is 4.76. The molecule has 0 unspecified atom stereocenters. The number of nitrogens with zero attached hydrogens (tertiary/aromatic N) is 6. The van der Waals surface area contributed by atoms with Gasteiger partial charge in [0.25, 0.3) is 0 Å². The van der Waals surface area contributed by atoms with E-state index >= 15 is 0 Å². The van der Waals surface area contributed by atoms with E-state index in [0.717, 1.165) is 62.8 Å². The molecule has 0 amide bonds. The number of rotatable bonds is 5. The van der Waals surface area contributed by atoms with E-state index in [0.29, 0.717) is 12.3 Å². The van der Waals surface area contributed by atoms with Gasteiger partial charge in [-0.15, -0.1) is 0 Å². The molecule has 5 rings (SSSR count). The summed E-state index contributed by atoms with van der Waals surface area (Å²) >= 11 is 0. The van der Waals surface area contributed by atoms with Gasteiger partial charge in [-0.2, -0.15) is 5.10 Å². The SMILES string of the molecule is CCn1nc2c(c1C(C)C)-c1nc(Cc3ccc(N4CCNCC4)cn3)ncc1CC2. The lowest BCUT2D eigenvalue weighted by atomic mass is 9.90. The summed E-state index contributed by atoms with van der Waals surface area (Å²) in [4.78, 5) is 16.8. The second-order valence-corrected chi connectivity index (χ2v) is 8.76. The number of fused-ring (bicyclic) bond motifs is 3. The van der Waals surface area contributed by atoms with Gasteiger partial charge in [-0.1, -0.05) is 13.8 Å². The maximum absolute atomic E-state index is 5.03. The second kappa shape index (κ2) is 8.38. The molecule has 1 aliphatic carbocycles. The van der Waals surface area contributed by atoms with Gasteiger partial charge in [-0.3, -0.25) is 9.67 Å². The van der Waals surface area contributed by atoms with Crippen LogP contribution in [0, 0.1) is 0 Å². The van der Waals surface area contributed by atoms with Crippen molar-refractivity contribution in [1.29, 1.82) is 0 Å². The number of anilines is 1. The molecule has 1 N–H and O–H groups in total. The van der Waals surface area contributed by atoms with Crippen LogP contribution in [0.25, 0.3) is 11.3 Å². The van der Waals surface area contributed by atoms with Crippen molar-refractivity contribution in [2.75, 3.05) is 31.1 Å². The Morgan fingerprint density at radius 2 is 1.90 bits per heavy atom. The number of aryl methyl sites for hydroxylation is 3. The van der Waals surface area contributed by atoms with Gasteiger partial charge in [0.15, 0.2) is 0 Å². The molecule has 7 nitrogen and oxygen atoms in total. The van der Waals surface area contributed by atoms with E-state index in [9.17, 15) is 0 Å². The predicted molar refractivity (Wildman–Crippen MR) is 123 cm³/mol. The van der Waals surface area contributed by atoms with Crippen LogP contribution in [-0.4, -0.2) is 50.9 Å². The Balaban J connectivity index is 1.43. The molecule has 0 atom stereocenters. The molecule has 0 aromatic carbocycles. The first kappa shape index (κ1) is 20.1. The summed E-state index contributed by atoms with van der Waals surface area (Å²) in [5, 5.41) is 8.28. The number of piperazine rings is 1. The molecule has 7 heteroatoms. The molecule has 0 radical (unpaired) electrons. The first-order chi connectivity index (χ1) is 15.1. The number of hydrogen-bond donors (Lipinski definition) is 1. The van der Waals surface area contributed by atoms with E-state index in [1.54, 1.807) is 0 Å². The van der Waals surface area contributed by atoms with E-state index in [2.05, 4.69) is 52.8 Å². The summed E-state index contributed by atoms with van der Waals surface area (Å²) in [5.41, 5.74) is 8.22. The Morgan fingerprint density at radius 3 is 2.61 bits per heavy atom. The van der Waals surface area contributed by atoms with Crippen molar-refractivity contribution in [1.82, 2.24) is 30.0 Å². The summed E-state index contributed by atoms with van der Waals surface area (Å²) in [6.45, 7) is 11.6. The first-order valence-corrected chi connectivity index (χ1v) is 11.5. The largest absolute Gasteiger partial charge is 0.368 e. The average Bonchev–Trinajstić information content (AvgIpc) is 3.20. The first-order valence-electron chi connectivity index (χ1n) is 11.5. The van der Waals surface area contributed by atoms with Crippen molar-refractivity contribution >= 4 is 5.69 Å². The van der Waals surface area contributed by atoms with Gasteiger partial charge in [0.1, 0.15) is 5.82 Å². The highest BCUT2D eigenvalue weighted by Crippen LogP contribution is 2.37. The molecule has 0 saturated carbocycles. The van der Waals surface area contributed by atoms with E-state index < -0.39 is 0 Å². The number of hydrogen-bond acceptors (Lipinski definition) is 6. The van der Waals surface area contributed by atoms with E-state index in [-0.39, 0.29) is 0 Å². The van der Waals surface area contributed by atoms with Crippen molar-refractivity contribution in [2.24, 2.45) is 0 Å². The molecule has 0 spiro atoms. The molecular formula is C24H31N7. The predicted octanol–water partition coefficient (Wildman–Crippen LogP) is 2.98. The lowest BCUT2D eigenvalue weighted by Crippen LogP contribution is -2.43. The summed E-state index contributed by atoms with van der Waals surface area (Å²) in [7, 11) is 0. The molecule has 1 aliphatic heterocycles. The normalized spacial score (nSPS) is 15.8. The maximum atomic E-state index is 5.03. The van der Waals surface area contributed by atoms with Crippen LogP contribution in [0.5, 0.6) is 0 Å². The van der Waals surface area contributed by atoms with Crippen LogP contribution in [0.4, 0.5) is 5.69 Å². The quantitative estimate of drug-likeness (QED) is 0.688. The zero-order valence-electron chi connectivity index (χ0n) is 18.7. The fourth-order valence-corrected chi connectivity index (χ4v) is 4.76. The van der Waals surface area contributed by atoms with E-state index in [1.165, 1.54) is 28.2 Å². The Bertz CT molecular complexity index is 1060. The third kappa shape index (κ3) is 3.82. The molecule has 1 saturated heterocycles. The van der Waals surface area contributed by atoms with Crippen LogP contribution in [0.1, 0.15) is 55.2 Å². The van der Waals surface area contributed by atoms with Crippen LogP contribution in [-0.2, 0) is 25.8 Å². The van der Waals surface area contributed by atoms with Gasteiger partial charge in [-0.05, 0) is 43.4 Å². The summed E-state index contributed by atoms with van der Waals surface area (Å²) in [5.74, 6) is 1.23. The zero-order chi connectivity index (χ0) is 21.4. The molecule has 1 fully saturated rings. The molecule has 3 aromatic rings. The Hall–Kier alpha value is -2.80. The van der Waals surface area contributed by atoms with Crippen LogP contribution in [0.15, 0.2) is 24.5 Å². The van der Waals surface area contributed by atoms with Crippen molar-refractivity contribution in [3.8, 4) is 11.3 Å². The molecule has 162 valence electrons. The van der Waals surface area contributed by atoms with Crippen molar-refractivity contribution in [2.45, 2.75) is 52.5 Å². The van der Waals surface area contributed by atoms with E-state index in [4.69, 9.17) is 15.1 Å². The Kier molecular flexibility index (Phi) is 5.44. The lowest BCUT2D eigenvalue weighted by Gasteiger charge is -2.29. The van der Waals surface area contributed by atoms with Gasteiger partial charge < -0.3 is 10.2 Å². The number of nitrogens with one attached hydrogen (secondary N) is 1. The highest BCUT2D eigenvalue weighted by molar-refractivity contribution is 5.71. The van der Waals surface area contributed by atoms with Gasteiger partial charge >= 0.3 is 0 Å². The monoisotopic (exact) mass is 417 g/mol. The minimum absolute atomic E-state index is 0.403. The summed E-state index contributed by atoms with van der Waals surface area (Å²) in [6.07, 6.45) is 6.57.